The molecule has 0 saturated heterocycles. The van der Waals surface area contributed by atoms with Crippen LogP contribution in [0.3, 0.4) is 0 Å². The summed E-state index contributed by atoms with van der Waals surface area (Å²) in [5.74, 6) is 3.30. The fourth-order valence-electron chi connectivity index (χ4n) is 3.30. The Hall–Kier alpha value is -1.89. The molecular formula is C15H25N7. The molecule has 3 heterocycles. The summed E-state index contributed by atoms with van der Waals surface area (Å²) < 4.78 is 4.19. The number of hydrogen-bond acceptors (Lipinski definition) is 5. The maximum atomic E-state index is 4.53. The topological polar surface area (TPSA) is 63.8 Å². The molecule has 22 heavy (non-hydrogen) atoms. The van der Waals surface area contributed by atoms with E-state index in [4.69, 9.17) is 0 Å². The van der Waals surface area contributed by atoms with E-state index in [1.165, 1.54) is 12.0 Å². The Bertz CT molecular complexity index is 668. The van der Waals surface area contributed by atoms with Gasteiger partial charge < -0.3 is 14.8 Å². The summed E-state index contributed by atoms with van der Waals surface area (Å²) >= 11 is 0. The van der Waals surface area contributed by atoms with Gasteiger partial charge in [-0.3, -0.25) is 4.68 Å². The lowest BCUT2D eigenvalue weighted by Gasteiger charge is -2.18. The molecular weight excluding hydrogens is 278 g/mol. The standard InChI is InChI=1S/C15H25N7/c1-10-12(15(20(3)4)21(5)19-10)9-16-11(2)14-18-17-13-7-6-8-22(13)14/h11,16H,6-9H2,1-5H3/t11-/m0/s1. The monoisotopic (exact) mass is 303 g/mol. The summed E-state index contributed by atoms with van der Waals surface area (Å²) in [4.78, 5) is 2.11. The second-order valence-corrected chi connectivity index (χ2v) is 6.24. The minimum absolute atomic E-state index is 0.175. The van der Waals surface area contributed by atoms with Crippen molar-refractivity contribution in [2.45, 2.75) is 45.8 Å². The molecule has 0 bridgehead atoms. The van der Waals surface area contributed by atoms with E-state index in [9.17, 15) is 0 Å². The number of aryl methyl sites for hydroxylation is 3. The van der Waals surface area contributed by atoms with Crippen LogP contribution in [0.25, 0.3) is 0 Å². The average molecular weight is 303 g/mol. The van der Waals surface area contributed by atoms with Crippen molar-refractivity contribution in [1.82, 2.24) is 29.9 Å². The maximum Gasteiger partial charge on any atom is 0.149 e. The number of aromatic nitrogens is 5. The Morgan fingerprint density at radius 2 is 2.09 bits per heavy atom. The summed E-state index contributed by atoms with van der Waals surface area (Å²) in [5.41, 5.74) is 2.30. The van der Waals surface area contributed by atoms with Gasteiger partial charge in [0.1, 0.15) is 17.5 Å². The average Bonchev–Trinajstić information content (AvgIpc) is 3.09. The van der Waals surface area contributed by atoms with Crippen molar-refractivity contribution < 1.29 is 0 Å². The van der Waals surface area contributed by atoms with Gasteiger partial charge in [0.2, 0.25) is 0 Å². The molecule has 0 unspecified atom stereocenters. The van der Waals surface area contributed by atoms with Crippen LogP contribution in [0.1, 0.15) is 42.3 Å². The van der Waals surface area contributed by atoms with E-state index >= 15 is 0 Å². The van der Waals surface area contributed by atoms with Crippen LogP contribution in [-0.4, -0.2) is 38.6 Å². The van der Waals surface area contributed by atoms with E-state index in [1.807, 2.05) is 11.7 Å². The van der Waals surface area contributed by atoms with Crippen LogP contribution in [0, 0.1) is 6.92 Å². The van der Waals surface area contributed by atoms with Gasteiger partial charge in [-0.1, -0.05) is 0 Å². The van der Waals surface area contributed by atoms with Gasteiger partial charge >= 0.3 is 0 Å². The predicted molar refractivity (Wildman–Crippen MR) is 85.9 cm³/mol. The fraction of sp³-hybridized carbons (Fsp3) is 0.667. The highest BCUT2D eigenvalue weighted by molar-refractivity contribution is 5.48. The lowest BCUT2D eigenvalue weighted by Crippen LogP contribution is -2.23. The number of nitrogens with one attached hydrogen (secondary N) is 1. The van der Waals surface area contributed by atoms with Gasteiger partial charge in [-0.15, -0.1) is 10.2 Å². The molecule has 1 aliphatic heterocycles. The summed E-state index contributed by atoms with van der Waals surface area (Å²) in [6, 6.07) is 0.175. The number of anilines is 1. The largest absolute Gasteiger partial charge is 0.363 e. The lowest BCUT2D eigenvalue weighted by atomic mass is 10.2. The van der Waals surface area contributed by atoms with Gasteiger partial charge in [-0.05, 0) is 20.3 Å². The van der Waals surface area contributed by atoms with Gasteiger partial charge in [-0.25, -0.2) is 0 Å². The second kappa shape index (κ2) is 5.72. The molecule has 1 atom stereocenters. The quantitative estimate of drug-likeness (QED) is 0.899. The van der Waals surface area contributed by atoms with Crippen LogP contribution >= 0.6 is 0 Å². The van der Waals surface area contributed by atoms with Crippen molar-refractivity contribution in [3.8, 4) is 0 Å². The number of rotatable bonds is 5. The Labute approximate surface area is 131 Å². The molecule has 2 aromatic rings. The van der Waals surface area contributed by atoms with Crippen LogP contribution < -0.4 is 10.2 Å². The van der Waals surface area contributed by atoms with Crippen molar-refractivity contribution in [2.24, 2.45) is 7.05 Å². The first-order chi connectivity index (χ1) is 10.5. The Morgan fingerprint density at radius 3 is 2.82 bits per heavy atom. The first-order valence-electron chi connectivity index (χ1n) is 7.84. The predicted octanol–water partition coefficient (Wildman–Crippen LogP) is 1.18. The lowest BCUT2D eigenvalue weighted by molar-refractivity contribution is 0.515. The van der Waals surface area contributed by atoms with Gasteiger partial charge in [0.15, 0.2) is 0 Å². The van der Waals surface area contributed by atoms with Crippen LogP contribution in [0.2, 0.25) is 0 Å². The Kier molecular flexibility index (Phi) is 3.90. The minimum atomic E-state index is 0.175. The van der Waals surface area contributed by atoms with Crippen LogP contribution in [0.5, 0.6) is 0 Å². The highest BCUT2D eigenvalue weighted by atomic mass is 15.4. The Morgan fingerprint density at radius 1 is 1.32 bits per heavy atom. The normalized spacial score (nSPS) is 15.1. The van der Waals surface area contributed by atoms with E-state index in [0.717, 1.165) is 42.7 Å². The van der Waals surface area contributed by atoms with Crippen molar-refractivity contribution in [1.29, 1.82) is 0 Å². The molecule has 0 saturated carbocycles. The zero-order valence-corrected chi connectivity index (χ0v) is 14.1. The molecule has 1 aliphatic rings. The molecule has 0 aliphatic carbocycles. The van der Waals surface area contributed by atoms with E-state index < -0.39 is 0 Å². The Balaban J connectivity index is 1.75. The van der Waals surface area contributed by atoms with E-state index in [0.29, 0.717) is 0 Å². The van der Waals surface area contributed by atoms with Gasteiger partial charge in [0.05, 0.1) is 11.7 Å². The van der Waals surface area contributed by atoms with Gasteiger partial charge in [0, 0.05) is 46.2 Å². The third-order valence-corrected chi connectivity index (χ3v) is 4.35. The van der Waals surface area contributed by atoms with Crippen molar-refractivity contribution >= 4 is 5.82 Å². The summed E-state index contributed by atoms with van der Waals surface area (Å²) in [5, 5.41) is 16.8. The number of nitrogens with zero attached hydrogens (tertiary/aromatic N) is 6. The van der Waals surface area contributed by atoms with Crippen molar-refractivity contribution in [3.63, 3.8) is 0 Å². The first-order valence-corrected chi connectivity index (χ1v) is 7.84. The smallest absolute Gasteiger partial charge is 0.149 e. The molecule has 7 heteroatoms. The summed E-state index contributed by atoms with van der Waals surface area (Å²) in [7, 11) is 6.09. The van der Waals surface area contributed by atoms with Crippen molar-refractivity contribution in [3.05, 3.63) is 22.9 Å². The van der Waals surface area contributed by atoms with Crippen LogP contribution in [-0.2, 0) is 26.6 Å². The maximum absolute atomic E-state index is 4.53. The first kappa shape index (κ1) is 15.0. The van der Waals surface area contributed by atoms with Gasteiger partial charge in [0.25, 0.3) is 0 Å². The molecule has 0 aromatic carbocycles. The molecule has 3 rings (SSSR count). The molecule has 1 N–H and O–H groups in total. The molecule has 7 nitrogen and oxygen atoms in total. The van der Waals surface area contributed by atoms with E-state index in [2.05, 4.69) is 58.0 Å². The number of hydrogen-bond donors (Lipinski definition) is 1. The van der Waals surface area contributed by atoms with E-state index in [-0.39, 0.29) is 6.04 Å². The molecule has 0 fully saturated rings. The minimum Gasteiger partial charge on any atom is -0.363 e. The molecule has 2 aromatic heterocycles. The highest BCUT2D eigenvalue weighted by Crippen LogP contribution is 2.23. The zero-order valence-electron chi connectivity index (χ0n) is 14.1. The third-order valence-electron chi connectivity index (χ3n) is 4.35. The summed E-state index contributed by atoms with van der Waals surface area (Å²) in [6.45, 7) is 6.02. The number of fused-ring (bicyclic) bond motifs is 1. The third kappa shape index (κ3) is 2.49. The summed E-state index contributed by atoms with van der Waals surface area (Å²) in [6.07, 6.45) is 2.23. The molecule has 0 radical (unpaired) electrons. The fourth-order valence-corrected chi connectivity index (χ4v) is 3.30. The van der Waals surface area contributed by atoms with Gasteiger partial charge in [-0.2, -0.15) is 5.10 Å². The SMILES string of the molecule is Cc1nn(C)c(N(C)C)c1CN[C@@H](C)c1nnc2n1CCC2. The molecule has 120 valence electrons. The van der Waals surface area contributed by atoms with Crippen LogP contribution in [0.4, 0.5) is 5.82 Å². The van der Waals surface area contributed by atoms with E-state index in [1.54, 1.807) is 0 Å². The molecule has 0 amide bonds. The van der Waals surface area contributed by atoms with Crippen LogP contribution in [0.15, 0.2) is 0 Å². The van der Waals surface area contributed by atoms with Crippen molar-refractivity contribution in [2.75, 3.05) is 19.0 Å². The molecule has 0 spiro atoms. The zero-order chi connectivity index (χ0) is 15.9. The second-order valence-electron chi connectivity index (χ2n) is 6.24. The highest BCUT2D eigenvalue weighted by Gasteiger charge is 2.22.